The molecule has 1 N–H and O–H groups in total. The molecule has 1 unspecified atom stereocenters. The number of ether oxygens (including phenoxy) is 3. The molecule has 0 aromatic heterocycles. The van der Waals surface area contributed by atoms with Crippen LogP contribution in [0.1, 0.15) is 12.0 Å². The van der Waals surface area contributed by atoms with Gasteiger partial charge in [-0.1, -0.05) is 29.8 Å². The Labute approximate surface area is 141 Å². The van der Waals surface area contributed by atoms with Crippen molar-refractivity contribution in [3.63, 3.8) is 0 Å². The van der Waals surface area contributed by atoms with E-state index in [2.05, 4.69) is 5.32 Å². The van der Waals surface area contributed by atoms with E-state index in [4.69, 9.17) is 25.8 Å². The van der Waals surface area contributed by atoms with Gasteiger partial charge >= 0.3 is 0 Å². The first-order valence-corrected chi connectivity index (χ1v) is 8.04. The largest absolute Gasteiger partial charge is 0.493 e. The summed E-state index contributed by atoms with van der Waals surface area (Å²) in [6.45, 7) is 2.04. The molecular formula is C18H20ClNO3. The van der Waals surface area contributed by atoms with Crippen molar-refractivity contribution in [2.24, 2.45) is 0 Å². The standard InChI is InChI=1S/C18H20ClNO3/c1-21-17-7-6-13(10-18(17)23-14-8-9-22-12-14)11-20-16-5-3-2-4-15(16)19/h2-7,10,14,20H,8-9,11-12H2,1H3. The van der Waals surface area contributed by atoms with Crippen LogP contribution in [0.5, 0.6) is 11.5 Å². The van der Waals surface area contributed by atoms with E-state index < -0.39 is 0 Å². The average molecular weight is 334 g/mol. The van der Waals surface area contributed by atoms with E-state index in [0.29, 0.717) is 18.2 Å². The third-order valence-corrected chi connectivity index (χ3v) is 4.10. The van der Waals surface area contributed by atoms with E-state index in [-0.39, 0.29) is 6.10 Å². The first-order chi connectivity index (χ1) is 11.3. The Balaban J connectivity index is 1.70. The highest BCUT2D eigenvalue weighted by Crippen LogP contribution is 2.31. The quantitative estimate of drug-likeness (QED) is 0.863. The van der Waals surface area contributed by atoms with E-state index in [1.807, 2.05) is 42.5 Å². The van der Waals surface area contributed by atoms with Gasteiger partial charge in [0, 0.05) is 13.0 Å². The van der Waals surface area contributed by atoms with Crippen molar-refractivity contribution in [3.8, 4) is 11.5 Å². The molecule has 3 rings (SSSR count). The molecule has 0 radical (unpaired) electrons. The highest BCUT2D eigenvalue weighted by atomic mass is 35.5. The minimum absolute atomic E-state index is 0.0932. The van der Waals surface area contributed by atoms with Crippen molar-refractivity contribution in [3.05, 3.63) is 53.1 Å². The summed E-state index contributed by atoms with van der Waals surface area (Å²) < 4.78 is 16.8. The summed E-state index contributed by atoms with van der Waals surface area (Å²) in [7, 11) is 1.65. The second-order valence-electron chi connectivity index (χ2n) is 5.42. The number of benzene rings is 2. The number of nitrogens with one attached hydrogen (secondary N) is 1. The van der Waals surface area contributed by atoms with Crippen molar-refractivity contribution in [2.45, 2.75) is 19.1 Å². The summed E-state index contributed by atoms with van der Waals surface area (Å²) in [6.07, 6.45) is 1.00. The summed E-state index contributed by atoms with van der Waals surface area (Å²) >= 11 is 6.16. The number of anilines is 1. The molecule has 23 heavy (non-hydrogen) atoms. The molecule has 1 aliphatic rings. The molecule has 122 valence electrons. The zero-order chi connectivity index (χ0) is 16.1. The van der Waals surface area contributed by atoms with Gasteiger partial charge in [-0.05, 0) is 29.8 Å². The lowest BCUT2D eigenvalue weighted by molar-refractivity contribution is 0.138. The fourth-order valence-corrected chi connectivity index (χ4v) is 2.71. The fourth-order valence-electron chi connectivity index (χ4n) is 2.51. The molecule has 1 heterocycles. The molecule has 1 fully saturated rings. The van der Waals surface area contributed by atoms with E-state index in [9.17, 15) is 0 Å². The normalized spacial score (nSPS) is 17.0. The minimum atomic E-state index is 0.0932. The molecule has 4 nitrogen and oxygen atoms in total. The molecule has 2 aromatic rings. The molecule has 1 atom stereocenters. The lowest BCUT2D eigenvalue weighted by Gasteiger charge is -2.16. The van der Waals surface area contributed by atoms with Crippen LogP contribution in [0.4, 0.5) is 5.69 Å². The first-order valence-electron chi connectivity index (χ1n) is 7.66. The van der Waals surface area contributed by atoms with Gasteiger partial charge in [0.1, 0.15) is 6.10 Å². The van der Waals surface area contributed by atoms with Crippen LogP contribution in [0.2, 0.25) is 5.02 Å². The third kappa shape index (κ3) is 4.09. The topological polar surface area (TPSA) is 39.7 Å². The monoisotopic (exact) mass is 333 g/mol. The van der Waals surface area contributed by atoms with Crippen LogP contribution in [0.15, 0.2) is 42.5 Å². The van der Waals surface area contributed by atoms with Crippen LogP contribution in [0, 0.1) is 0 Å². The molecule has 0 spiro atoms. The maximum atomic E-state index is 6.16. The SMILES string of the molecule is COc1ccc(CNc2ccccc2Cl)cc1OC1CCOC1. The molecule has 0 aliphatic carbocycles. The van der Waals surface area contributed by atoms with Crippen LogP contribution in [-0.2, 0) is 11.3 Å². The van der Waals surface area contributed by atoms with E-state index >= 15 is 0 Å². The average Bonchev–Trinajstić information content (AvgIpc) is 3.07. The van der Waals surface area contributed by atoms with Crippen LogP contribution in [0.3, 0.4) is 0 Å². The summed E-state index contributed by atoms with van der Waals surface area (Å²) in [5, 5.41) is 4.04. The number of hydrogen-bond acceptors (Lipinski definition) is 4. The highest BCUT2D eigenvalue weighted by molar-refractivity contribution is 6.33. The Morgan fingerprint density at radius 1 is 1.22 bits per heavy atom. The second kappa shape index (κ2) is 7.57. The van der Waals surface area contributed by atoms with Gasteiger partial charge in [-0.15, -0.1) is 0 Å². The van der Waals surface area contributed by atoms with Gasteiger partial charge in [0.25, 0.3) is 0 Å². The van der Waals surface area contributed by atoms with Gasteiger partial charge in [-0.25, -0.2) is 0 Å². The molecule has 1 saturated heterocycles. The highest BCUT2D eigenvalue weighted by Gasteiger charge is 2.19. The zero-order valence-corrected chi connectivity index (χ0v) is 13.8. The number of halogens is 1. The molecule has 0 saturated carbocycles. The first kappa shape index (κ1) is 16.0. The van der Waals surface area contributed by atoms with Crippen LogP contribution >= 0.6 is 11.6 Å². The number of methoxy groups -OCH3 is 1. The van der Waals surface area contributed by atoms with Crippen molar-refractivity contribution in [2.75, 3.05) is 25.6 Å². The molecule has 0 bridgehead atoms. The summed E-state index contributed by atoms with van der Waals surface area (Å²) in [6, 6.07) is 13.6. The fraction of sp³-hybridized carbons (Fsp3) is 0.333. The van der Waals surface area contributed by atoms with Gasteiger partial charge < -0.3 is 19.5 Å². The maximum Gasteiger partial charge on any atom is 0.162 e. The Morgan fingerprint density at radius 3 is 2.83 bits per heavy atom. The van der Waals surface area contributed by atoms with Gasteiger partial charge in [0.05, 0.1) is 31.0 Å². The predicted octanol–water partition coefficient (Wildman–Crippen LogP) is 4.13. The van der Waals surface area contributed by atoms with E-state index in [1.165, 1.54) is 0 Å². The van der Waals surface area contributed by atoms with Gasteiger partial charge in [0.15, 0.2) is 11.5 Å². The molecular weight excluding hydrogens is 314 g/mol. The predicted molar refractivity (Wildman–Crippen MR) is 91.6 cm³/mol. The van der Waals surface area contributed by atoms with Gasteiger partial charge in [0.2, 0.25) is 0 Å². The van der Waals surface area contributed by atoms with Crippen molar-refractivity contribution < 1.29 is 14.2 Å². The maximum absolute atomic E-state index is 6.16. The van der Waals surface area contributed by atoms with Gasteiger partial charge in [-0.3, -0.25) is 0 Å². The minimum Gasteiger partial charge on any atom is -0.493 e. The number of hydrogen-bond donors (Lipinski definition) is 1. The Kier molecular flexibility index (Phi) is 5.26. The molecule has 0 amide bonds. The van der Waals surface area contributed by atoms with Crippen molar-refractivity contribution >= 4 is 17.3 Å². The second-order valence-corrected chi connectivity index (χ2v) is 5.83. The zero-order valence-electron chi connectivity index (χ0n) is 13.0. The van der Waals surface area contributed by atoms with Crippen molar-refractivity contribution in [1.82, 2.24) is 0 Å². The Hall–Kier alpha value is -1.91. The number of rotatable bonds is 6. The van der Waals surface area contributed by atoms with Crippen molar-refractivity contribution in [1.29, 1.82) is 0 Å². The van der Waals surface area contributed by atoms with Gasteiger partial charge in [-0.2, -0.15) is 0 Å². The third-order valence-electron chi connectivity index (χ3n) is 3.77. The van der Waals surface area contributed by atoms with Crippen LogP contribution in [0.25, 0.3) is 0 Å². The smallest absolute Gasteiger partial charge is 0.162 e. The Morgan fingerprint density at radius 2 is 2.09 bits per heavy atom. The lowest BCUT2D eigenvalue weighted by atomic mass is 10.2. The molecule has 2 aromatic carbocycles. The molecule has 5 heteroatoms. The Bertz CT molecular complexity index is 656. The van der Waals surface area contributed by atoms with E-state index in [1.54, 1.807) is 7.11 Å². The number of para-hydroxylation sites is 1. The van der Waals surface area contributed by atoms with Crippen LogP contribution < -0.4 is 14.8 Å². The summed E-state index contributed by atoms with van der Waals surface area (Å²) in [5.41, 5.74) is 2.01. The molecule has 1 aliphatic heterocycles. The summed E-state index contributed by atoms with van der Waals surface area (Å²) in [4.78, 5) is 0. The lowest BCUT2D eigenvalue weighted by Crippen LogP contribution is -2.16. The van der Waals surface area contributed by atoms with E-state index in [0.717, 1.165) is 35.8 Å². The van der Waals surface area contributed by atoms with Crippen LogP contribution in [-0.4, -0.2) is 26.4 Å². The summed E-state index contributed by atoms with van der Waals surface area (Å²) in [5.74, 6) is 1.49.